The molecular weight excluding hydrogens is 234 g/mol. The van der Waals surface area contributed by atoms with Gasteiger partial charge in [-0.2, -0.15) is 0 Å². The number of nitrogen functional groups attached to an aromatic ring is 1. The van der Waals surface area contributed by atoms with Crippen molar-refractivity contribution in [2.24, 2.45) is 0 Å². The van der Waals surface area contributed by atoms with Crippen molar-refractivity contribution < 1.29 is 4.79 Å². The molecule has 2 rings (SSSR count). The molecule has 2 aromatic rings. The molecule has 0 saturated carbocycles. The number of nitrogens with zero attached hydrogens (tertiary/aromatic N) is 1. The number of thiazole rings is 1. The predicted octanol–water partition coefficient (Wildman–Crippen LogP) is 1.96. The van der Waals surface area contributed by atoms with Gasteiger partial charge in [0.05, 0.1) is 0 Å². The second-order valence-corrected chi connectivity index (χ2v) is 4.63. The number of hydrogen-bond acceptors (Lipinski definition) is 4. The molecule has 0 atom stereocenters. The van der Waals surface area contributed by atoms with Crippen LogP contribution in [0.15, 0.2) is 29.6 Å². The third-order valence-electron chi connectivity index (χ3n) is 2.29. The van der Waals surface area contributed by atoms with Crippen LogP contribution in [-0.4, -0.2) is 10.9 Å². The summed E-state index contributed by atoms with van der Waals surface area (Å²) in [4.78, 5) is 15.6. The Morgan fingerprint density at radius 3 is 3.00 bits per heavy atom. The molecule has 88 valence electrons. The number of carbonyl (C=O) groups is 1. The molecule has 4 nitrogen and oxygen atoms in total. The molecule has 1 aromatic heterocycles. The largest absolute Gasteiger partial charge is 0.375 e. The minimum atomic E-state index is -0.195. The number of nitrogens with one attached hydrogen (secondary N) is 1. The number of aromatic nitrogens is 1. The second-order valence-electron chi connectivity index (χ2n) is 3.74. The Morgan fingerprint density at radius 1 is 1.53 bits per heavy atom. The lowest BCUT2D eigenvalue weighted by Gasteiger charge is -2.04. The standard InChI is InChI=1S/C12H13N3OS/c1-8-3-2-4-9(5-8)6-14-11(16)10-7-17-12(13)15-10/h2-5,7H,6H2,1H3,(H2,13,15)(H,14,16). The lowest BCUT2D eigenvalue weighted by Crippen LogP contribution is -2.23. The number of hydrogen-bond donors (Lipinski definition) is 2. The summed E-state index contributed by atoms with van der Waals surface area (Å²) in [5.41, 5.74) is 8.09. The van der Waals surface area contributed by atoms with Crippen LogP contribution in [0.2, 0.25) is 0 Å². The van der Waals surface area contributed by atoms with Gasteiger partial charge < -0.3 is 11.1 Å². The van der Waals surface area contributed by atoms with E-state index in [2.05, 4.69) is 10.3 Å². The fourth-order valence-electron chi connectivity index (χ4n) is 1.49. The second kappa shape index (κ2) is 4.97. The maximum Gasteiger partial charge on any atom is 0.271 e. The van der Waals surface area contributed by atoms with Gasteiger partial charge in [0, 0.05) is 11.9 Å². The van der Waals surface area contributed by atoms with Gasteiger partial charge in [0.25, 0.3) is 5.91 Å². The Balaban J connectivity index is 1.97. The topological polar surface area (TPSA) is 68.0 Å². The van der Waals surface area contributed by atoms with E-state index in [0.29, 0.717) is 17.4 Å². The van der Waals surface area contributed by atoms with Gasteiger partial charge in [-0.05, 0) is 12.5 Å². The number of anilines is 1. The summed E-state index contributed by atoms with van der Waals surface area (Å²) in [7, 11) is 0. The molecular formula is C12H13N3OS. The van der Waals surface area contributed by atoms with Gasteiger partial charge in [-0.3, -0.25) is 4.79 Å². The summed E-state index contributed by atoms with van der Waals surface area (Å²) in [6.45, 7) is 2.52. The molecule has 0 fully saturated rings. The molecule has 0 unspecified atom stereocenters. The average molecular weight is 247 g/mol. The number of carbonyl (C=O) groups excluding carboxylic acids is 1. The predicted molar refractivity (Wildman–Crippen MR) is 68.9 cm³/mol. The van der Waals surface area contributed by atoms with Crippen LogP contribution in [0.3, 0.4) is 0 Å². The van der Waals surface area contributed by atoms with Crippen LogP contribution in [0.4, 0.5) is 5.13 Å². The van der Waals surface area contributed by atoms with E-state index >= 15 is 0 Å². The Bertz CT molecular complexity index is 536. The van der Waals surface area contributed by atoms with E-state index in [4.69, 9.17) is 5.73 Å². The van der Waals surface area contributed by atoms with Crippen molar-refractivity contribution in [3.05, 3.63) is 46.5 Å². The normalized spacial score (nSPS) is 10.2. The fourth-order valence-corrected chi connectivity index (χ4v) is 2.03. The van der Waals surface area contributed by atoms with Crippen LogP contribution < -0.4 is 11.1 Å². The van der Waals surface area contributed by atoms with Gasteiger partial charge in [-0.15, -0.1) is 11.3 Å². The molecule has 0 bridgehead atoms. The molecule has 0 saturated heterocycles. The first-order chi connectivity index (χ1) is 8.15. The van der Waals surface area contributed by atoms with Crippen molar-refractivity contribution in [1.82, 2.24) is 10.3 Å². The highest BCUT2D eigenvalue weighted by molar-refractivity contribution is 7.13. The van der Waals surface area contributed by atoms with E-state index in [1.54, 1.807) is 5.38 Å². The Kier molecular flexibility index (Phi) is 3.39. The summed E-state index contributed by atoms with van der Waals surface area (Å²) in [5.74, 6) is -0.195. The molecule has 1 heterocycles. The number of aryl methyl sites for hydroxylation is 1. The van der Waals surface area contributed by atoms with E-state index < -0.39 is 0 Å². The Morgan fingerprint density at radius 2 is 2.35 bits per heavy atom. The zero-order valence-electron chi connectivity index (χ0n) is 9.43. The van der Waals surface area contributed by atoms with Gasteiger partial charge in [0.2, 0.25) is 0 Å². The lowest BCUT2D eigenvalue weighted by molar-refractivity contribution is 0.0946. The monoisotopic (exact) mass is 247 g/mol. The minimum Gasteiger partial charge on any atom is -0.375 e. The number of amides is 1. The third-order valence-corrected chi connectivity index (χ3v) is 2.96. The highest BCUT2D eigenvalue weighted by Crippen LogP contribution is 2.11. The smallest absolute Gasteiger partial charge is 0.271 e. The van der Waals surface area contributed by atoms with E-state index in [1.807, 2.05) is 31.2 Å². The first-order valence-electron chi connectivity index (χ1n) is 5.20. The van der Waals surface area contributed by atoms with Crippen molar-refractivity contribution in [3.8, 4) is 0 Å². The zero-order valence-corrected chi connectivity index (χ0v) is 10.3. The maximum atomic E-state index is 11.7. The van der Waals surface area contributed by atoms with Crippen LogP contribution >= 0.6 is 11.3 Å². The van der Waals surface area contributed by atoms with Crippen LogP contribution in [0.1, 0.15) is 21.6 Å². The highest BCUT2D eigenvalue weighted by Gasteiger charge is 2.08. The van der Waals surface area contributed by atoms with Crippen molar-refractivity contribution in [2.75, 3.05) is 5.73 Å². The Hall–Kier alpha value is -1.88. The van der Waals surface area contributed by atoms with Gasteiger partial charge in [0.1, 0.15) is 5.69 Å². The maximum absolute atomic E-state index is 11.7. The highest BCUT2D eigenvalue weighted by atomic mass is 32.1. The van der Waals surface area contributed by atoms with Crippen LogP contribution in [0, 0.1) is 6.92 Å². The zero-order chi connectivity index (χ0) is 12.3. The quantitative estimate of drug-likeness (QED) is 0.871. The number of benzene rings is 1. The first-order valence-corrected chi connectivity index (χ1v) is 6.08. The van der Waals surface area contributed by atoms with Crippen molar-refractivity contribution >= 4 is 22.4 Å². The van der Waals surface area contributed by atoms with Crippen molar-refractivity contribution in [2.45, 2.75) is 13.5 Å². The third kappa shape index (κ3) is 3.04. The van der Waals surface area contributed by atoms with Crippen LogP contribution in [0.5, 0.6) is 0 Å². The Labute approximate surface area is 103 Å². The average Bonchev–Trinajstić information content (AvgIpc) is 2.73. The lowest BCUT2D eigenvalue weighted by atomic mass is 10.1. The summed E-state index contributed by atoms with van der Waals surface area (Å²) in [5, 5.41) is 4.87. The fraction of sp³-hybridized carbons (Fsp3) is 0.167. The van der Waals surface area contributed by atoms with Gasteiger partial charge in [-0.1, -0.05) is 29.8 Å². The van der Waals surface area contributed by atoms with E-state index in [-0.39, 0.29) is 5.91 Å². The molecule has 0 aliphatic carbocycles. The van der Waals surface area contributed by atoms with E-state index in [9.17, 15) is 4.79 Å². The van der Waals surface area contributed by atoms with E-state index in [0.717, 1.165) is 5.56 Å². The number of nitrogens with two attached hydrogens (primary N) is 1. The number of rotatable bonds is 3. The first kappa shape index (κ1) is 11.6. The summed E-state index contributed by atoms with van der Waals surface area (Å²) in [6.07, 6.45) is 0. The van der Waals surface area contributed by atoms with Crippen molar-refractivity contribution in [3.63, 3.8) is 0 Å². The van der Waals surface area contributed by atoms with Crippen LogP contribution in [0.25, 0.3) is 0 Å². The van der Waals surface area contributed by atoms with Gasteiger partial charge in [0.15, 0.2) is 5.13 Å². The molecule has 17 heavy (non-hydrogen) atoms. The van der Waals surface area contributed by atoms with Gasteiger partial charge >= 0.3 is 0 Å². The molecule has 0 spiro atoms. The summed E-state index contributed by atoms with van der Waals surface area (Å²) in [6, 6.07) is 8.00. The summed E-state index contributed by atoms with van der Waals surface area (Å²) < 4.78 is 0. The molecule has 1 amide bonds. The van der Waals surface area contributed by atoms with E-state index in [1.165, 1.54) is 16.9 Å². The van der Waals surface area contributed by atoms with Gasteiger partial charge in [-0.25, -0.2) is 4.98 Å². The summed E-state index contributed by atoms with van der Waals surface area (Å²) >= 11 is 1.26. The SMILES string of the molecule is Cc1cccc(CNC(=O)c2csc(N)n2)c1. The molecule has 3 N–H and O–H groups in total. The van der Waals surface area contributed by atoms with Crippen LogP contribution in [-0.2, 0) is 6.54 Å². The molecule has 0 aliphatic rings. The minimum absolute atomic E-state index is 0.195. The molecule has 0 radical (unpaired) electrons. The molecule has 0 aliphatic heterocycles. The van der Waals surface area contributed by atoms with Crippen molar-refractivity contribution in [1.29, 1.82) is 0 Å². The molecule has 1 aromatic carbocycles. The molecule has 5 heteroatoms.